The number of nitrogens with zero attached hydrogens (tertiary/aromatic N) is 3. The van der Waals surface area contributed by atoms with Crippen molar-refractivity contribution in [1.29, 1.82) is 0 Å². The summed E-state index contributed by atoms with van der Waals surface area (Å²) in [6.45, 7) is 9.50. The maximum atomic E-state index is 12.4. The average molecular weight is 455 g/mol. The highest BCUT2D eigenvalue weighted by Gasteiger charge is 2.45. The van der Waals surface area contributed by atoms with Crippen molar-refractivity contribution < 1.29 is 9.53 Å². The lowest BCUT2D eigenvalue weighted by Crippen LogP contribution is -2.54. The minimum absolute atomic E-state index is 0.0609. The van der Waals surface area contributed by atoms with Crippen molar-refractivity contribution in [2.45, 2.75) is 77.0 Å². The first-order chi connectivity index (χ1) is 15.5. The third kappa shape index (κ3) is 4.22. The Morgan fingerprint density at radius 3 is 2.84 bits per heavy atom. The molecule has 0 bridgehead atoms. The van der Waals surface area contributed by atoms with Crippen molar-refractivity contribution in [3.8, 4) is 0 Å². The number of rotatable bonds is 5. The molecule has 1 saturated heterocycles. The molecule has 1 spiro atoms. The Kier molecular flexibility index (Phi) is 6.07. The smallest absolute Gasteiger partial charge is 0.254 e. The summed E-state index contributed by atoms with van der Waals surface area (Å²) in [6, 6.07) is 3.21. The topological polar surface area (TPSA) is 67.3 Å². The van der Waals surface area contributed by atoms with Gasteiger partial charge in [0.15, 0.2) is 0 Å². The Bertz CT molecular complexity index is 969. The number of aromatic nitrogens is 2. The lowest BCUT2D eigenvalue weighted by atomic mass is 9.76. The fraction of sp³-hybridized carbons (Fsp3) is 0.640. The number of fused-ring (bicyclic) bond motifs is 2. The highest BCUT2D eigenvalue weighted by Crippen LogP contribution is 2.46. The molecular weight excluding hydrogens is 420 g/mol. The summed E-state index contributed by atoms with van der Waals surface area (Å²) in [4.78, 5) is 26.3. The second-order valence-electron chi connectivity index (χ2n) is 9.82. The van der Waals surface area contributed by atoms with Gasteiger partial charge < -0.3 is 15.0 Å². The van der Waals surface area contributed by atoms with E-state index in [-0.39, 0.29) is 17.6 Å². The van der Waals surface area contributed by atoms with E-state index >= 15 is 0 Å². The highest BCUT2D eigenvalue weighted by atomic mass is 32.1. The van der Waals surface area contributed by atoms with Crippen LogP contribution in [0.1, 0.15) is 71.0 Å². The van der Waals surface area contributed by atoms with Crippen LogP contribution in [0.3, 0.4) is 0 Å². The molecule has 7 heteroatoms. The van der Waals surface area contributed by atoms with Gasteiger partial charge in [-0.3, -0.25) is 4.79 Å². The van der Waals surface area contributed by atoms with Gasteiger partial charge in [-0.1, -0.05) is 6.92 Å². The van der Waals surface area contributed by atoms with E-state index in [1.54, 1.807) is 17.3 Å². The first kappa shape index (κ1) is 22.0. The Hall–Kier alpha value is -1.83. The molecule has 2 aliphatic heterocycles. The third-order valence-corrected chi connectivity index (χ3v) is 8.90. The fourth-order valence-electron chi connectivity index (χ4n) is 5.66. The Morgan fingerprint density at radius 1 is 1.34 bits per heavy atom. The molecule has 4 heterocycles. The largest absolute Gasteiger partial charge is 0.370 e. The van der Waals surface area contributed by atoms with Gasteiger partial charge in [-0.05, 0) is 63.5 Å². The molecular formula is C25H34N4O2S. The number of ether oxygens (including phenoxy) is 1. The molecule has 2 fully saturated rings. The zero-order valence-corrected chi connectivity index (χ0v) is 20.2. The highest BCUT2D eigenvalue weighted by molar-refractivity contribution is 7.12. The molecule has 1 saturated carbocycles. The number of hydrogen-bond donors (Lipinski definition) is 1. The molecule has 3 aliphatic rings. The van der Waals surface area contributed by atoms with Gasteiger partial charge in [0.25, 0.3) is 5.91 Å². The monoisotopic (exact) mass is 454 g/mol. The van der Waals surface area contributed by atoms with Gasteiger partial charge in [0.1, 0.15) is 5.82 Å². The zero-order chi connectivity index (χ0) is 22.3. The maximum absolute atomic E-state index is 12.4. The number of aryl methyl sites for hydroxylation is 2. The lowest BCUT2D eigenvalue weighted by molar-refractivity contribution is -0.114. The minimum atomic E-state index is -0.0698. The molecule has 2 atom stereocenters. The van der Waals surface area contributed by atoms with Crippen molar-refractivity contribution in [2.75, 3.05) is 19.7 Å². The van der Waals surface area contributed by atoms with Gasteiger partial charge in [0.2, 0.25) is 0 Å². The van der Waals surface area contributed by atoms with E-state index in [0.717, 1.165) is 58.2 Å². The number of hydrogen-bond acceptors (Lipinski definition) is 6. The van der Waals surface area contributed by atoms with Gasteiger partial charge in [0, 0.05) is 53.7 Å². The predicted molar refractivity (Wildman–Crippen MR) is 126 cm³/mol. The Balaban J connectivity index is 1.13. The Labute approximate surface area is 194 Å². The predicted octanol–water partition coefficient (Wildman–Crippen LogP) is 3.87. The van der Waals surface area contributed by atoms with Crippen LogP contribution in [-0.2, 0) is 23.2 Å². The molecule has 2 aromatic heterocycles. The molecule has 32 heavy (non-hydrogen) atoms. The molecule has 1 unspecified atom stereocenters. The van der Waals surface area contributed by atoms with E-state index in [2.05, 4.69) is 40.1 Å². The van der Waals surface area contributed by atoms with Crippen molar-refractivity contribution in [3.05, 3.63) is 45.2 Å². The summed E-state index contributed by atoms with van der Waals surface area (Å²) >= 11 is 2.00. The molecule has 6 nitrogen and oxygen atoms in total. The summed E-state index contributed by atoms with van der Waals surface area (Å²) in [5.41, 5.74) is 1.96. The first-order valence-electron chi connectivity index (χ1n) is 12.1. The van der Waals surface area contributed by atoms with Crippen LogP contribution in [0.25, 0.3) is 0 Å². The Morgan fingerprint density at radius 2 is 2.12 bits per heavy atom. The van der Waals surface area contributed by atoms with Crippen LogP contribution < -0.4 is 5.32 Å². The van der Waals surface area contributed by atoms with Gasteiger partial charge in [0.05, 0.1) is 17.8 Å². The van der Waals surface area contributed by atoms with Crippen LogP contribution in [0.5, 0.6) is 0 Å². The van der Waals surface area contributed by atoms with Crippen LogP contribution in [-0.4, -0.2) is 52.6 Å². The third-order valence-electron chi connectivity index (χ3n) is 7.56. The van der Waals surface area contributed by atoms with Gasteiger partial charge >= 0.3 is 0 Å². The quantitative estimate of drug-likeness (QED) is 0.743. The lowest BCUT2D eigenvalue weighted by Gasteiger charge is -2.49. The van der Waals surface area contributed by atoms with E-state index < -0.39 is 0 Å². The molecule has 1 N–H and O–H groups in total. The van der Waals surface area contributed by atoms with E-state index in [9.17, 15) is 4.79 Å². The van der Waals surface area contributed by atoms with Crippen molar-refractivity contribution in [1.82, 2.24) is 20.2 Å². The fourth-order valence-corrected chi connectivity index (χ4v) is 6.84. The number of thiophene rings is 1. The van der Waals surface area contributed by atoms with Gasteiger partial charge in [-0.2, -0.15) is 0 Å². The van der Waals surface area contributed by atoms with Crippen LogP contribution in [0, 0.1) is 12.8 Å². The molecule has 2 aromatic rings. The van der Waals surface area contributed by atoms with E-state index in [0.29, 0.717) is 23.3 Å². The number of carbonyl (C=O) groups is 1. The molecule has 5 rings (SSSR count). The van der Waals surface area contributed by atoms with Crippen molar-refractivity contribution >= 4 is 17.2 Å². The summed E-state index contributed by atoms with van der Waals surface area (Å²) in [7, 11) is 0. The number of likely N-dealkylation sites (tertiary alicyclic amines) is 1. The molecule has 0 aromatic carbocycles. The normalized spacial score (nSPS) is 30.0. The van der Waals surface area contributed by atoms with Crippen LogP contribution in [0.15, 0.2) is 18.5 Å². The molecule has 172 valence electrons. The number of amides is 1. The second kappa shape index (κ2) is 8.84. The van der Waals surface area contributed by atoms with Crippen LogP contribution in [0.4, 0.5) is 0 Å². The van der Waals surface area contributed by atoms with Crippen LogP contribution >= 0.6 is 11.3 Å². The van der Waals surface area contributed by atoms with Crippen LogP contribution in [0.2, 0.25) is 0 Å². The summed E-state index contributed by atoms with van der Waals surface area (Å²) in [6.07, 6.45) is 9.68. The number of nitrogens with one attached hydrogen (secondary N) is 1. The van der Waals surface area contributed by atoms with E-state index in [1.807, 2.05) is 18.3 Å². The van der Waals surface area contributed by atoms with E-state index in [4.69, 9.17) is 4.74 Å². The van der Waals surface area contributed by atoms with Gasteiger partial charge in [-0.25, -0.2) is 9.97 Å². The zero-order valence-electron chi connectivity index (χ0n) is 19.4. The maximum Gasteiger partial charge on any atom is 0.254 e. The average Bonchev–Trinajstić information content (AvgIpc) is 3.19. The number of piperidine rings is 1. The standard InChI is InChI=1S/C25H34N4O2S/c1-4-21-11-22-23(32-21)5-8-31-25(22)6-7-29(16(2)12-25)15-18-9-20(10-18)28-24(30)19-13-26-17(3)27-14-19/h11,13-14,16,18,20H,4-10,12,15H2,1-3H3,(H,28,30)/t16-,18?,20?,25?/m0/s1. The SMILES string of the molecule is CCc1cc2c(s1)CCOC21CCN(CC2CC(NC(=O)c3cnc(C)nc3)C2)[C@@H](C)C1. The van der Waals surface area contributed by atoms with Crippen molar-refractivity contribution in [3.63, 3.8) is 0 Å². The molecule has 0 radical (unpaired) electrons. The second-order valence-corrected chi connectivity index (χ2v) is 11.0. The minimum Gasteiger partial charge on any atom is -0.370 e. The summed E-state index contributed by atoms with van der Waals surface area (Å²) in [5.74, 6) is 1.28. The molecule has 1 aliphatic carbocycles. The van der Waals surface area contributed by atoms with Gasteiger partial charge in [-0.15, -0.1) is 11.3 Å². The summed E-state index contributed by atoms with van der Waals surface area (Å²) < 4.78 is 6.49. The first-order valence-corrected chi connectivity index (χ1v) is 12.9. The summed E-state index contributed by atoms with van der Waals surface area (Å²) in [5, 5.41) is 3.14. The number of carbonyl (C=O) groups excluding carboxylic acids is 1. The van der Waals surface area contributed by atoms with E-state index in [1.165, 1.54) is 10.4 Å². The molecule has 1 amide bonds. The van der Waals surface area contributed by atoms with Crippen molar-refractivity contribution in [2.24, 2.45) is 5.92 Å².